The molecule has 1 aromatic carbocycles. The number of nitrogens with zero attached hydrogens (tertiary/aromatic N) is 3. The number of hydrogen-bond donors (Lipinski definition) is 0. The number of aromatic nitrogens is 2. The summed E-state index contributed by atoms with van der Waals surface area (Å²) in [6.07, 6.45) is -3.62. The number of aryl methyl sites for hydroxylation is 1. The van der Waals surface area contributed by atoms with Crippen LogP contribution < -0.4 is 4.74 Å². The van der Waals surface area contributed by atoms with E-state index in [1.165, 1.54) is 23.1 Å². The zero-order chi connectivity index (χ0) is 19.6. The molecule has 0 spiro atoms. The molecule has 0 N–H and O–H groups in total. The van der Waals surface area contributed by atoms with Crippen LogP contribution in [0.5, 0.6) is 5.75 Å². The Morgan fingerprint density at radius 2 is 2.07 bits per heavy atom. The third kappa shape index (κ3) is 4.06. The number of carbonyl (C=O) groups is 1. The van der Waals surface area contributed by atoms with Crippen molar-refractivity contribution < 1.29 is 27.1 Å². The number of para-hydroxylation sites is 1. The van der Waals surface area contributed by atoms with E-state index in [-0.39, 0.29) is 11.5 Å². The van der Waals surface area contributed by atoms with Gasteiger partial charge in [0.05, 0.1) is 5.56 Å². The highest BCUT2D eigenvalue weighted by atomic mass is 19.3. The number of carbonyl (C=O) groups excluding carboxylic acids is 1. The number of imidazole rings is 1. The fourth-order valence-corrected chi connectivity index (χ4v) is 3.24. The highest BCUT2D eigenvalue weighted by Gasteiger charge is 2.44. The molecule has 2 heterocycles. The highest BCUT2D eigenvalue weighted by molar-refractivity contribution is 5.97. The molecule has 27 heavy (non-hydrogen) atoms. The van der Waals surface area contributed by atoms with E-state index in [0.717, 1.165) is 24.7 Å². The van der Waals surface area contributed by atoms with E-state index in [4.69, 9.17) is 0 Å². The Morgan fingerprint density at radius 1 is 1.33 bits per heavy atom. The van der Waals surface area contributed by atoms with Crippen molar-refractivity contribution in [3.05, 3.63) is 48.0 Å². The minimum atomic E-state index is -4.67. The predicted octanol–water partition coefficient (Wildman–Crippen LogP) is 3.68. The second kappa shape index (κ2) is 7.58. The van der Waals surface area contributed by atoms with Gasteiger partial charge in [-0.1, -0.05) is 12.1 Å². The SMILES string of the molecule is Cn1ccnc1[C@H]1CCCN(C(=O)c2ccccc2OC(F)(F)C(F)F)C1. The topological polar surface area (TPSA) is 47.4 Å². The number of rotatable bonds is 5. The first-order valence-corrected chi connectivity index (χ1v) is 8.50. The fraction of sp³-hybridized carbons (Fsp3) is 0.444. The molecule has 2 aromatic rings. The molecule has 0 bridgehead atoms. The van der Waals surface area contributed by atoms with Gasteiger partial charge in [-0.3, -0.25) is 4.79 Å². The van der Waals surface area contributed by atoms with Crippen LogP contribution in [0.2, 0.25) is 0 Å². The smallest absolute Gasteiger partial charge is 0.427 e. The van der Waals surface area contributed by atoms with E-state index in [1.807, 2.05) is 17.8 Å². The van der Waals surface area contributed by atoms with Crippen molar-refractivity contribution in [2.45, 2.75) is 31.3 Å². The molecule has 0 aliphatic carbocycles. The van der Waals surface area contributed by atoms with Crippen LogP contribution in [0.15, 0.2) is 36.7 Å². The van der Waals surface area contributed by atoms with E-state index in [2.05, 4.69) is 9.72 Å². The van der Waals surface area contributed by atoms with Crippen LogP contribution in [0, 0.1) is 0 Å². The van der Waals surface area contributed by atoms with E-state index >= 15 is 0 Å². The Bertz CT molecular complexity index is 809. The fourth-order valence-electron chi connectivity index (χ4n) is 3.24. The van der Waals surface area contributed by atoms with Gasteiger partial charge in [0, 0.05) is 38.4 Å². The maximum absolute atomic E-state index is 13.3. The zero-order valence-electron chi connectivity index (χ0n) is 14.6. The number of alkyl halides is 4. The normalized spacial score (nSPS) is 18.0. The largest absolute Gasteiger partial charge is 0.461 e. The van der Waals surface area contributed by atoms with Crippen LogP contribution >= 0.6 is 0 Å². The van der Waals surface area contributed by atoms with E-state index in [9.17, 15) is 22.4 Å². The first-order chi connectivity index (χ1) is 12.8. The summed E-state index contributed by atoms with van der Waals surface area (Å²) in [5.41, 5.74) is -0.168. The molecule has 5 nitrogen and oxygen atoms in total. The number of piperidine rings is 1. The van der Waals surface area contributed by atoms with Gasteiger partial charge in [-0.2, -0.15) is 17.6 Å². The third-order valence-electron chi connectivity index (χ3n) is 4.55. The van der Waals surface area contributed by atoms with Crippen molar-refractivity contribution in [1.82, 2.24) is 14.5 Å². The van der Waals surface area contributed by atoms with Gasteiger partial charge in [-0.05, 0) is 25.0 Å². The predicted molar refractivity (Wildman–Crippen MR) is 89.1 cm³/mol. The second-order valence-electron chi connectivity index (χ2n) is 6.45. The van der Waals surface area contributed by atoms with Gasteiger partial charge in [-0.15, -0.1) is 0 Å². The molecule has 1 fully saturated rings. The maximum Gasteiger partial charge on any atom is 0.461 e. The van der Waals surface area contributed by atoms with Gasteiger partial charge in [0.2, 0.25) is 0 Å². The molecule has 0 unspecified atom stereocenters. The van der Waals surface area contributed by atoms with E-state index in [1.54, 1.807) is 6.20 Å². The summed E-state index contributed by atoms with van der Waals surface area (Å²) in [4.78, 5) is 18.7. The van der Waals surface area contributed by atoms with E-state index < -0.39 is 24.2 Å². The number of halogens is 4. The van der Waals surface area contributed by atoms with Gasteiger partial charge in [0.1, 0.15) is 11.6 Å². The standard InChI is InChI=1S/C18H19F4N3O2/c1-24-10-8-23-15(24)12-5-4-9-25(11-12)16(26)13-6-2-3-7-14(13)27-18(21,22)17(19)20/h2-3,6-8,10,12,17H,4-5,9,11H2,1H3/t12-/m0/s1. The van der Waals surface area contributed by atoms with Crippen LogP contribution in [0.25, 0.3) is 0 Å². The summed E-state index contributed by atoms with van der Waals surface area (Å²) in [6.45, 7) is 0.808. The summed E-state index contributed by atoms with van der Waals surface area (Å²) in [7, 11) is 1.86. The Kier molecular flexibility index (Phi) is 5.38. The Hall–Kier alpha value is -2.58. The summed E-state index contributed by atoms with van der Waals surface area (Å²) < 4.78 is 57.6. The van der Waals surface area contributed by atoms with Gasteiger partial charge in [0.15, 0.2) is 0 Å². The number of likely N-dealkylation sites (tertiary alicyclic amines) is 1. The Labute approximate surface area is 153 Å². The molecular formula is C18H19F4N3O2. The second-order valence-corrected chi connectivity index (χ2v) is 6.45. The van der Waals surface area contributed by atoms with Crippen LogP contribution in [-0.2, 0) is 7.05 Å². The molecule has 1 saturated heterocycles. The molecule has 1 aromatic heterocycles. The molecular weight excluding hydrogens is 366 g/mol. The highest BCUT2D eigenvalue weighted by Crippen LogP contribution is 2.32. The minimum absolute atomic E-state index is 0.0123. The number of amides is 1. The van der Waals surface area contributed by atoms with Crippen LogP contribution in [0.1, 0.15) is 34.9 Å². The molecule has 1 aliphatic rings. The summed E-state index contributed by atoms with van der Waals surface area (Å²) >= 11 is 0. The lowest BCUT2D eigenvalue weighted by Crippen LogP contribution is -2.40. The van der Waals surface area contributed by atoms with Crippen LogP contribution in [-0.4, -0.2) is 46.0 Å². The summed E-state index contributed by atoms with van der Waals surface area (Å²) in [5, 5.41) is 0. The lowest BCUT2D eigenvalue weighted by atomic mass is 9.96. The first kappa shape index (κ1) is 19.2. The van der Waals surface area contributed by atoms with Gasteiger partial charge < -0.3 is 14.2 Å². The first-order valence-electron chi connectivity index (χ1n) is 8.50. The molecule has 9 heteroatoms. The Morgan fingerprint density at radius 3 is 2.74 bits per heavy atom. The average molecular weight is 385 g/mol. The molecule has 1 atom stereocenters. The van der Waals surface area contributed by atoms with Crippen molar-refractivity contribution in [3.8, 4) is 5.75 Å². The van der Waals surface area contributed by atoms with Crippen molar-refractivity contribution in [2.24, 2.45) is 7.05 Å². The molecule has 146 valence electrons. The van der Waals surface area contributed by atoms with Crippen LogP contribution in [0.4, 0.5) is 17.6 Å². The van der Waals surface area contributed by atoms with Gasteiger partial charge in [-0.25, -0.2) is 4.98 Å². The molecule has 1 aliphatic heterocycles. The van der Waals surface area contributed by atoms with Crippen molar-refractivity contribution in [1.29, 1.82) is 0 Å². The summed E-state index contributed by atoms with van der Waals surface area (Å²) in [6, 6.07) is 5.20. The monoisotopic (exact) mass is 385 g/mol. The molecule has 0 radical (unpaired) electrons. The van der Waals surface area contributed by atoms with Gasteiger partial charge in [0.25, 0.3) is 5.91 Å². The van der Waals surface area contributed by atoms with E-state index in [0.29, 0.717) is 13.1 Å². The molecule has 0 saturated carbocycles. The van der Waals surface area contributed by atoms with Gasteiger partial charge >= 0.3 is 12.5 Å². The van der Waals surface area contributed by atoms with Crippen LogP contribution in [0.3, 0.4) is 0 Å². The zero-order valence-corrected chi connectivity index (χ0v) is 14.6. The molecule has 3 rings (SSSR count). The number of ether oxygens (including phenoxy) is 1. The lowest BCUT2D eigenvalue weighted by molar-refractivity contribution is -0.253. The lowest BCUT2D eigenvalue weighted by Gasteiger charge is -2.33. The Balaban J connectivity index is 1.81. The quantitative estimate of drug-likeness (QED) is 0.738. The third-order valence-corrected chi connectivity index (χ3v) is 4.55. The van der Waals surface area contributed by atoms with Crippen molar-refractivity contribution >= 4 is 5.91 Å². The van der Waals surface area contributed by atoms with Crippen molar-refractivity contribution in [2.75, 3.05) is 13.1 Å². The number of hydrogen-bond acceptors (Lipinski definition) is 3. The molecule has 1 amide bonds. The van der Waals surface area contributed by atoms with Crippen molar-refractivity contribution in [3.63, 3.8) is 0 Å². The minimum Gasteiger partial charge on any atom is -0.427 e. The average Bonchev–Trinajstić information content (AvgIpc) is 3.07. The maximum atomic E-state index is 13.3. The number of benzene rings is 1. The summed E-state index contributed by atoms with van der Waals surface area (Å²) in [5.74, 6) is -0.249.